The SMILES string of the molecule is Nc1ncc(-c2cc(N3CC(n4cccn4)C3)nc(N3CCC(F)(F)C3)n2)cc1OC(F)F. The van der Waals surface area contributed by atoms with Gasteiger partial charge in [0, 0.05) is 56.3 Å². The third-order valence-electron chi connectivity index (χ3n) is 5.63. The molecule has 3 aromatic heterocycles. The zero-order valence-corrected chi connectivity index (χ0v) is 17.3. The quantitative estimate of drug-likeness (QED) is 0.557. The molecule has 2 aliphatic heterocycles. The van der Waals surface area contributed by atoms with Crippen LogP contribution in [0.2, 0.25) is 0 Å². The third kappa shape index (κ3) is 4.34. The van der Waals surface area contributed by atoms with Crippen molar-refractivity contribution in [1.29, 1.82) is 0 Å². The van der Waals surface area contributed by atoms with Gasteiger partial charge in [0.15, 0.2) is 11.6 Å². The van der Waals surface area contributed by atoms with E-state index in [2.05, 4.69) is 24.8 Å². The molecule has 2 N–H and O–H groups in total. The molecule has 0 aromatic carbocycles. The predicted molar refractivity (Wildman–Crippen MR) is 112 cm³/mol. The van der Waals surface area contributed by atoms with E-state index in [0.29, 0.717) is 30.2 Å². The van der Waals surface area contributed by atoms with E-state index >= 15 is 0 Å². The van der Waals surface area contributed by atoms with Crippen LogP contribution in [0.1, 0.15) is 12.5 Å². The van der Waals surface area contributed by atoms with Crippen LogP contribution in [-0.4, -0.2) is 63.4 Å². The van der Waals surface area contributed by atoms with E-state index in [4.69, 9.17) is 5.73 Å². The monoisotopic (exact) mass is 464 g/mol. The topological polar surface area (TPSA) is 98.2 Å². The van der Waals surface area contributed by atoms with Gasteiger partial charge in [-0.15, -0.1) is 0 Å². The predicted octanol–water partition coefficient (Wildman–Crippen LogP) is 2.83. The number of ether oxygens (including phenoxy) is 1. The summed E-state index contributed by atoms with van der Waals surface area (Å²) in [4.78, 5) is 16.2. The molecule has 33 heavy (non-hydrogen) atoms. The highest BCUT2D eigenvalue weighted by molar-refractivity contribution is 5.68. The molecule has 174 valence electrons. The van der Waals surface area contributed by atoms with Crippen LogP contribution in [0.3, 0.4) is 0 Å². The minimum Gasteiger partial charge on any atom is -0.431 e. The van der Waals surface area contributed by atoms with Crippen LogP contribution in [0, 0.1) is 0 Å². The van der Waals surface area contributed by atoms with Crippen LogP contribution in [0.25, 0.3) is 11.3 Å². The van der Waals surface area contributed by atoms with Crippen molar-refractivity contribution < 1.29 is 22.3 Å². The van der Waals surface area contributed by atoms with Gasteiger partial charge in [0.1, 0.15) is 5.82 Å². The number of nitrogens with zero attached hydrogens (tertiary/aromatic N) is 7. The molecule has 2 saturated heterocycles. The maximum absolute atomic E-state index is 13.8. The first-order chi connectivity index (χ1) is 15.8. The lowest BCUT2D eigenvalue weighted by Crippen LogP contribution is -2.48. The molecule has 13 heteroatoms. The van der Waals surface area contributed by atoms with Gasteiger partial charge < -0.3 is 20.3 Å². The zero-order chi connectivity index (χ0) is 23.2. The Morgan fingerprint density at radius 2 is 1.97 bits per heavy atom. The van der Waals surface area contributed by atoms with Crippen LogP contribution < -0.4 is 20.3 Å². The molecule has 0 radical (unpaired) electrons. The van der Waals surface area contributed by atoms with Gasteiger partial charge in [-0.05, 0) is 12.1 Å². The fraction of sp³-hybridized carbons (Fsp3) is 0.400. The number of anilines is 3. The minimum atomic E-state index is -3.08. The number of aromatic nitrogens is 5. The van der Waals surface area contributed by atoms with Crippen molar-refractivity contribution in [3.63, 3.8) is 0 Å². The van der Waals surface area contributed by atoms with Crippen LogP contribution in [0.15, 0.2) is 36.8 Å². The van der Waals surface area contributed by atoms with Crippen LogP contribution in [-0.2, 0) is 0 Å². The van der Waals surface area contributed by atoms with E-state index < -0.39 is 19.1 Å². The second-order valence-electron chi connectivity index (χ2n) is 7.97. The summed E-state index contributed by atoms with van der Waals surface area (Å²) in [7, 11) is 0. The van der Waals surface area contributed by atoms with Gasteiger partial charge in [0.05, 0.1) is 18.3 Å². The fourth-order valence-corrected chi connectivity index (χ4v) is 3.87. The summed E-state index contributed by atoms with van der Waals surface area (Å²) in [6.07, 6.45) is 4.64. The zero-order valence-electron chi connectivity index (χ0n) is 17.3. The van der Waals surface area contributed by atoms with E-state index in [1.807, 2.05) is 21.8 Å². The Kier molecular flexibility index (Phi) is 5.17. The van der Waals surface area contributed by atoms with Crippen LogP contribution in [0.4, 0.5) is 35.1 Å². The first-order valence-electron chi connectivity index (χ1n) is 10.2. The maximum Gasteiger partial charge on any atom is 0.387 e. The van der Waals surface area contributed by atoms with Crippen molar-refractivity contribution >= 4 is 17.6 Å². The molecule has 9 nitrogen and oxygen atoms in total. The summed E-state index contributed by atoms with van der Waals surface area (Å²) >= 11 is 0. The number of nitrogen functional groups attached to an aromatic ring is 1. The third-order valence-corrected chi connectivity index (χ3v) is 5.63. The van der Waals surface area contributed by atoms with Crippen molar-refractivity contribution in [2.45, 2.75) is 25.0 Å². The molecule has 0 aliphatic carbocycles. The lowest BCUT2D eigenvalue weighted by Gasteiger charge is -2.40. The van der Waals surface area contributed by atoms with Gasteiger partial charge in [0.2, 0.25) is 5.95 Å². The van der Waals surface area contributed by atoms with E-state index in [-0.39, 0.29) is 36.5 Å². The van der Waals surface area contributed by atoms with Crippen LogP contribution >= 0.6 is 0 Å². The molecule has 3 aromatic rings. The maximum atomic E-state index is 13.8. The molecule has 0 bridgehead atoms. The van der Waals surface area contributed by atoms with E-state index in [0.717, 1.165) is 0 Å². The number of alkyl halides is 4. The Bertz CT molecular complexity index is 1140. The molecular weight excluding hydrogens is 444 g/mol. The number of hydrogen-bond acceptors (Lipinski definition) is 8. The summed E-state index contributed by atoms with van der Waals surface area (Å²) in [5, 5.41) is 4.24. The molecule has 0 amide bonds. The Morgan fingerprint density at radius 3 is 2.64 bits per heavy atom. The molecule has 0 atom stereocenters. The lowest BCUT2D eigenvalue weighted by atomic mass is 10.1. The van der Waals surface area contributed by atoms with E-state index in [1.54, 1.807) is 12.3 Å². The summed E-state index contributed by atoms with van der Waals surface area (Å²) in [5.41, 5.74) is 6.32. The summed E-state index contributed by atoms with van der Waals surface area (Å²) in [5.74, 6) is -2.66. The van der Waals surface area contributed by atoms with Crippen molar-refractivity contribution in [1.82, 2.24) is 24.7 Å². The highest BCUT2D eigenvalue weighted by Gasteiger charge is 2.40. The Balaban J connectivity index is 1.48. The minimum absolute atomic E-state index is 0.103. The van der Waals surface area contributed by atoms with Crippen molar-refractivity contribution in [2.75, 3.05) is 41.7 Å². The fourth-order valence-electron chi connectivity index (χ4n) is 3.87. The van der Waals surface area contributed by atoms with Gasteiger partial charge in [-0.1, -0.05) is 0 Å². The molecule has 0 spiro atoms. The highest BCUT2D eigenvalue weighted by Crippen LogP contribution is 2.35. The average molecular weight is 464 g/mol. The average Bonchev–Trinajstić information content (AvgIpc) is 3.38. The number of pyridine rings is 1. The summed E-state index contributed by atoms with van der Waals surface area (Å²) in [6.45, 7) is -2.23. The molecule has 2 fully saturated rings. The van der Waals surface area contributed by atoms with Gasteiger partial charge >= 0.3 is 6.61 Å². The van der Waals surface area contributed by atoms with Gasteiger partial charge in [-0.3, -0.25) is 4.68 Å². The van der Waals surface area contributed by atoms with Crippen molar-refractivity contribution in [3.05, 3.63) is 36.8 Å². The Labute approximate surface area is 185 Å². The first-order valence-corrected chi connectivity index (χ1v) is 10.2. The second kappa shape index (κ2) is 8.05. The Hall–Kier alpha value is -3.64. The number of halogens is 4. The smallest absolute Gasteiger partial charge is 0.387 e. The molecule has 0 unspecified atom stereocenters. The van der Waals surface area contributed by atoms with Crippen LogP contribution in [0.5, 0.6) is 5.75 Å². The van der Waals surface area contributed by atoms with E-state index in [1.165, 1.54) is 17.2 Å². The van der Waals surface area contributed by atoms with Gasteiger partial charge in [0.25, 0.3) is 5.92 Å². The first kappa shape index (κ1) is 21.2. The van der Waals surface area contributed by atoms with Crippen molar-refractivity contribution in [2.24, 2.45) is 0 Å². The Morgan fingerprint density at radius 1 is 1.15 bits per heavy atom. The summed E-state index contributed by atoms with van der Waals surface area (Å²) < 4.78 is 59.4. The second-order valence-corrected chi connectivity index (χ2v) is 7.97. The molecule has 5 heterocycles. The number of hydrogen-bond donors (Lipinski definition) is 1. The largest absolute Gasteiger partial charge is 0.431 e. The van der Waals surface area contributed by atoms with E-state index in [9.17, 15) is 17.6 Å². The highest BCUT2D eigenvalue weighted by atomic mass is 19.3. The normalized spacial score (nSPS) is 18.1. The molecular formula is C20H20F4N8O. The number of nitrogens with two attached hydrogens (primary N) is 1. The van der Waals surface area contributed by atoms with Crippen molar-refractivity contribution in [3.8, 4) is 17.0 Å². The standard InChI is InChI=1S/C20H20F4N8O/c21-18(22)33-15-6-12(8-26-17(15)25)14-7-16(31-9-13(10-31)32-4-1-3-27-32)29-19(28-14)30-5-2-20(23,24)11-30/h1,3-4,6-8,13,18H,2,5,9-11H2,(H2,25,26). The molecule has 5 rings (SSSR count). The van der Waals surface area contributed by atoms with Gasteiger partial charge in [-0.25, -0.2) is 18.7 Å². The molecule has 0 saturated carbocycles. The lowest BCUT2D eigenvalue weighted by molar-refractivity contribution is -0.0494. The number of rotatable bonds is 6. The summed E-state index contributed by atoms with van der Waals surface area (Å²) in [6, 6.07) is 4.95. The molecule has 2 aliphatic rings. The van der Waals surface area contributed by atoms with Gasteiger partial charge in [-0.2, -0.15) is 18.9 Å².